The fourth-order valence-electron chi connectivity index (χ4n) is 2.56. The van der Waals surface area contributed by atoms with Crippen LogP contribution in [0.5, 0.6) is 0 Å². The molecule has 0 spiro atoms. The van der Waals surface area contributed by atoms with Gasteiger partial charge in [0, 0.05) is 5.56 Å². The van der Waals surface area contributed by atoms with E-state index in [0.717, 1.165) is 10.4 Å². The molecule has 0 aliphatic heterocycles. The van der Waals surface area contributed by atoms with Gasteiger partial charge in [0.05, 0.1) is 4.88 Å². The van der Waals surface area contributed by atoms with Crippen LogP contribution in [-0.2, 0) is 14.9 Å². The van der Waals surface area contributed by atoms with Gasteiger partial charge in [-0.1, -0.05) is 39.0 Å². The number of ether oxygens (including phenoxy) is 1. The van der Waals surface area contributed by atoms with Gasteiger partial charge in [0.15, 0.2) is 6.10 Å². The van der Waals surface area contributed by atoms with Crippen LogP contribution >= 0.6 is 11.3 Å². The quantitative estimate of drug-likeness (QED) is 0.611. The molecule has 2 aromatic heterocycles. The molecule has 1 N–H and O–H groups in total. The fraction of sp³-hybridized carbons (Fsp3) is 0.333. The first kappa shape index (κ1) is 20.7. The smallest absolute Gasteiger partial charge is 0.326 e. The van der Waals surface area contributed by atoms with Crippen molar-refractivity contribution in [1.29, 1.82) is 0 Å². The second-order valence-corrected chi connectivity index (χ2v) is 8.51. The van der Waals surface area contributed by atoms with Crippen LogP contribution in [0.1, 0.15) is 55.6 Å². The number of nitrogens with zero attached hydrogens (tertiary/aromatic N) is 2. The molecule has 29 heavy (non-hydrogen) atoms. The Morgan fingerprint density at radius 1 is 1.17 bits per heavy atom. The molecule has 1 atom stereocenters. The lowest BCUT2D eigenvalue weighted by molar-refractivity contribution is -0.148. The predicted molar refractivity (Wildman–Crippen MR) is 110 cm³/mol. The molecule has 0 aliphatic rings. The van der Waals surface area contributed by atoms with Gasteiger partial charge in [-0.2, -0.15) is 0 Å². The van der Waals surface area contributed by atoms with Crippen molar-refractivity contribution in [1.82, 2.24) is 15.5 Å². The summed E-state index contributed by atoms with van der Waals surface area (Å²) in [4.78, 5) is 25.1. The highest BCUT2D eigenvalue weighted by Crippen LogP contribution is 2.26. The standard InChI is InChI=1S/C21H23N3O4S/c1-13(19-23-24-20(28-19)16-6-5-11-29-16)27-17(25)12-22-18(26)14-7-9-15(10-8-14)21(2,3)4/h5-11,13H,12H2,1-4H3,(H,22,26)/t13-/m1/s1. The maximum Gasteiger partial charge on any atom is 0.326 e. The van der Waals surface area contributed by atoms with Crippen molar-refractivity contribution in [3.63, 3.8) is 0 Å². The molecule has 0 saturated carbocycles. The van der Waals surface area contributed by atoms with Gasteiger partial charge >= 0.3 is 5.97 Å². The molecule has 8 heteroatoms. The normalized spacial score (nSPS) is 12.4. The summed E-state index contributed by atoms with van der Waals surface area (Å²) in [6.45, 7) is 7.69. The van der Waals surface area contributed by atoms with E-state index in [1.807, 2.05) is 29.6 Å². The predicted octanol–water partition coefficient (Wildman–Crippen LogP) is 4.13. The number of esters is 1. The van der Waals surface area contributed by atoms with Crippen LogP contribution in [-0.4, -0.2) is 28.6 Å². The number of benzene rings is 1. The highest BCUT2D eigenvalue weighted by atomic mass is 32.1. The maximum absolute atomic E-state index is 12.2. The van der Waals surface area contributed by atoms with Crippen molar-refractivity contribution in [2.75, 3.05) is 6.54 Å². The molecule has 3 aromatic rings. The van der Waals surface area contributed by atoms with Crippen LogP contribution in [0.25, 0.3) is 10.8 Å². The molecule has 0 radical (unpaired) electrons. The number of nitrogens with one attached hydrogen (secondary N) is 1. The summed E-state index contributed by atoms with van der Waals surface area (Å²) in [5.41, 5.74) is 1.62. The van der Waals surface area contributed by atoms with E-state index in [9.17, 15) is 9.59 Å². The van der Waals surface area contributed by atoms with Gasteiger partial charge in [0.25, 0.3) is 17.7 Å². The molecule has 1 amide bonds. The molecule has 1 aromatic carbocycles. The van der Waals surface area contributed by atoms with E-state index in [2.05, 4.69) is 36.3 Å². The van der Waals surface area contributed by atoms with Crippen molar-refractivity contribution >= 4 is 23.2 Å². The molecule has 152 valence electrons. The van der Waals surface area contributed by atoms with Gasteiger partial charge in [-0.15, -0.1) is 21.5 Å². The molecule has 2 heterocycles. The maximum atomic E-state index is 12.2. The summed E-state index contributed by atoms with van der Waals surface area (Å²) in [5, 5.41) is 12.3. The lowest BCUT2D eigenvalue weighted by atomic mass is 9.87. The molecule has 0 fully saturated rings. The zero-order chi connectivity index (χ0) is 21.0. The largest absolute Gasteiger partial charge is 0.451 e. The Hall–Kier alpha value is -3.00. The highest BCUT2D eigenvalue weighted by molar-refractivity contribution is 7.13. The minimum atomic E-state index is -0.716. The van der Waals surface area contributed by atoms with E-state index in [0.29, 0.717) is 11.5 Å². The molecular weight excluding hydrogens is 390 g/mol. The Morgan fingerprint density at radius 3 is 2.52 bits per heavy atom. The molecule has 0 aliphatic carbocycles. The Bertz CT molecular complexity index is 972. The summed E-state index contributed by atoms with van der Waals surface area (Å²) >= 11 is 1.47. The minimum absolute atomic E-state index is 0.00700. The van der Waals surface area contributed by atoms with E-state index in [4.69, 9.17) is 9.15 Å². The number of hydrogen-bond acceptors (Lipinski definition) is 7. The minimum Gasteiger partial charge on any atom is -0.451 e. The Labute approximate surface area is 173 Å². The van der Waals surface area contributed by atoms with E-state index in [-0.39, 0.29) is 23.8 Å². The topological polar surface area (TPSA) is 94.3 Å². The zero-order valence-corrected chi connectivity index (χ0v) is 17.6. The van der Waals surface area contributed by atoms with Crippen LogP contribution in [0, 0.1) is 0 Å². The molecule has 7 nitrogen and oxygen atoms in total. The van der Waals surface area contributed by atoms with Gasteiger partial charge in [0.2, 0.25) is 0 Å². The third-order valence-electron chi connectivity index (χ3n) is 4.23. The first-order valence-corrected chi connectivity index (χ1v) is 10.1. The Balaban J connectivity index is 1.51. The lowest BCUT2D eigenvalue weighted by Crippen LogP contribution is -2.31. The fourth-order valence-corrected chi connectivity index (χ4v) is 3.21. The summed E-state index contributed by atoms with van der Waals surface area (Å²) in [6.07, 6.45) is -0.716. The van der Waals surface area contributed by atoms with Crippen molar-refractivity contribution < 1.29 is 18.7 Å². The monoisotopic (exact) mass is 413 g/mol. The first-order valence-electron chi connectivity index (χ1n) is 9.19. The van der Waals surface area contributed by atoms with Gasteiger partial charge in [-0.05, 0) is 41.5 Å². The van der Waals surface area contributed by atoms with Crippen LogP contribution in [0.3, 0.4) is 0 Å². The van der Waals surface area contributed by atoms with Crippen molar-refractivity contribution in [2.45, 2.75) is 39.2 Å². The second kappa shape index (κ2) is 8.57. The molecule has 3 rings (SSSR count). The van der Waals surface area contributed by atoms with Gasteiger partial charge in [-0.3, -0.25) is 9.59 Å². The number of carbonyl (C=O) groups is 2. The van der Waals surface area contributed by atoms with E-state index in [1.54, 1.807) is 19.1 Å². The van der Waals surface area contributed by atoms with E-state index >= 15 is 0 Å². The van der Waals surface area contributed by atoms with Crippen LogP contribution in [0.15, 0.2) is 46.2 Å². The number of rotatable bonds is 6. The molecule has 0 unspecified atom stereocenters. The van der Waals surface area contributed by atoms with Crippen molar-refractivity contribution in [2.24, 2.45) is 0 Å². The average Bonchev–Trinajstić information content (AvgIpc) is 3.36. The van der Waals surface area contributed by atoms with Crippen LogP contribution in [0.2, 0.25) is 0 Å². The third kappa shape index (κ3) is 5.29. The van der Waals surface area contributed by atoms with Gasteiger partial charge in [0.1, 0.15) is 6.54 Å². The number of amides is 1. The number of aromatic nitrogens is 2. The van der Waals surface area contributed by atoms with Gasteiger partial charge in [-0.25, -0.2) is 0 Å². The SMILES string of the molecule is C[C@@H](OC(=O)CNC(=O)c1ccc(C(C)(C)C)cc1)c1nnc(-c2cccs2)o1. The van der Waals surface area contributed by atoms with Crippen LogP contribution in [0.4, 0.5) is 0 Å². The Morgan fingerprint density at radius 2 is 1.90 bits per heavy atom. The average molecular weight is 413 g/mol. The molecular formula is C21H23N3O4S. The first-order chi connectivity index (χ1) is 13.7. The van der Waals surface area contributed by atoms with E-state index in [1.165, 1.54) is 11.3 Å². The molecule has 0 saturated heterocycles. The lowest BCUT2D eigenvalue weighted by Gasteiger charge is -2.19. The number of hydrogen-bond donors (Lipinski definition) is 1. The van der Waals surface area contributed by atoms with Crippen molar-refractivity contribution in [3.8, 4) is 10.8 Å². The second-order valence-electron chi connectivity index (χ2n) is 7.56. The summed E-state index contributed by atoms with van der Waals surface area (Å²) in [5.74, 6) is -0.350. The summed E-state index contributed by atoms with van der Waals surface area (Å²) < 4.78 is 10.8. The van der Waals surface area contributed by atoms with E-state index < -0.39 is 12.1 Å². The summed E-state index contributed by atoms with van der Waals surface area (Å²) in [7, 11) is 0. The number of thiophene rings is 1. The number of carbonyl (C=O) groups excluding carboxylic acids is 2. The highest BCUT2D eigenvalue weighted by Gasteiger charge is 2.20. The third-order valence-corrected chi connectivity index (χ3v) is 5.09. The molecule has 0 bridgehead atoms. The van der Waals surface area contributed by atoms with Crippen LogP contribution < -0.4 is 5.32 Å². The van der Waals surface area contributed by atoms with Crippen molar-refractivity contribution in [3.05, 3.63) is 58.8 Å². The van der Waals surface area contributed by atoms with Gasteiger partial charge < -0.3 is 14.5 Å². The summed E-state index contributed by atoms with van der Waals surface area (Å²) in [6, 6.07) is 11.1. The zero-order valence-electron chi connectivity index (χ0n) is 16.8. The Kier molecular flexibility index (Phi) is 6.12.